The predicted octanol–water partition coefficient (Wildman–Crippen LogP) is 0.929. The predicted molar refractivity (Wildman–Crippen MR) is 73.5 cm³/mol. The van der Waals surface area contributed by atoms with E-state index in [0.29, 0.717) is 12.6 Å². The molecule has 1 saturated carbocycles. The van der Waals surface area contributed by atoms with Gasteiger partial charge in [-0.2, -0.15) is 0 Å². The van der Waals surface area contributed by atoms with Crippen molar-refractivity contribution >= 4 is 5.91 Å². The number of nitrogens with zero attached hydrogens (tertiary/aromatic N) is 2. The van der Waals surface area contributed by atoms with Gasteiger partial charge in [0.15, 0.2) is 0 Å². The van der Waals surface area contributed by atoms with Crippen molar-refractivity contribution in [3.8, 4) is 0 Å². The average Bonchev–Trinajstić information content (AvgIpc) is 3.19. The van der Waals surface area contributed by atoms with Gasteiger partial charge in [0.05, 0.1) is 6.54 Å². The molecule has 4 nitrogen and oxygen atoms in total. The number of hydrogen-bond acceptors (Lipinski definition) is 3. The molecule has 18 heavy (non-hydrogen) atoms. The third-order valence-corrected chi connectivity index (χ3v) is 4.26. The van der Waals surface area contributed by atoms with Crippen molar-refractivity contribution < 1.29 is 4.79 Å². The number of amides is 1. The summed E-state index contributed by atoms with van der Waals surface area (Å²) < 4.78 is 0. The highest BCUT2D eigenvalue weighted by molar-refractivity contribution is 5.78. The van der Waals surface area contributed by atoms with Gasteiger partial charge in [-0.15, -0.1) is 0 Å². The van der Waals surface area contributed by atoms with Crippen LogP contribution in [0.1, 0.15) is 32.1 Å². The Morgan fingerprint density at radius 1 is 1.28 bits per heavy atom. The van der Waals surface area contributed by atoms with Crippen LogP contribution in [0.5, 0.6) is 0 Å². The summed E-state index contributed by atoms with van der Waals surface area (Å²) in [5, 5.41) is 3.28. The molecule has 1 aliphatic carbocycles. The zero-order valence-electron chi connectivity index (χ0n) is 11.8. The molecule has 0 spiro atoms. The van der Waals surface area contributed by atoms with E-state index in [9.17, 15) is 4.79 Å². The molecule has 1 heterocycles. The van der Waals surface area contributed by atoms with E-state index in [1.165, 1.54) is 45.2 Å². The van der Waals surface area contributed by atoms with Crippen molar-refractivity contribution in [3.63, 3.8) is 0 Å². The minimum Gasteiger partial charge on any atom is -0.345 e. The van der Waals surface area contributed by atoms with Crippen LogP contribution in [0.2, 0.25) is 0 Å². The van der Waals surface area contributed by atoms with Gasteiger partial charge < -0.3 is 15.1 Å². The van der Waals surface area contributed by atoms with Crippen molar-refractivity contribution in [2.24, 2.45) is 5.92 Å². The number of likely N-dealkylation sites (tertiary alicyclic amines) is 1. The molecule has 1 amide bonds. The second kappa shape index (κ2) is 6.53. The molecule has 0 unspecified atom stereocenters. The zero-order chi connectivity index (χ0) is 13.0. The van der Waals surface area contributed by atoms with Gasteiger partial charge in [-0.3, -0.25) is 4.79 Å². The summed E-state index contributed by atoms with van der Waals surface area (Å²) in [5.41, 5.74) is 0. The van der Waals surface area contributed by atoms with Crippen molar-refractivity contribution in [1.29, 1.82) is 0 Å². The van der Waals surface area contributed by atoms with Crippen LogP contribution in [0.15, 0.2) is 0 Å². The molecule has 0 bridgehead atoms. The third-order valence-electron chi connectivity index (χ3n) is 4.26. The molecule has 1 N–H and O–H groups in total. The molecular formula is C14H27N3O. The first kappa shape index (κ1) is 13.8. The fourth-order valence-corrected chi connectivity index (χ4v) is 2.51. The number of carbonyl (C=O) groups is 1. The molecule has 0 aromatic carbocycles. The minimum atomic E-state index is 0.245. The summed E-state index contributed by atoms with van der Waals surface area (Å²) in [6, 6.07) is 0.622. The molecule has 2 fully saturated rings. The molecule has 104 valence electrons. The van der Waals surface area contributed by atoms with E-state index >= 15 is 0 Å². The highest BCUT2D eigenvalue weighted by atomic mass is 16.2. The topological polar surface area (TPSA) is 35.6 Å². The second-order valence-corrected chi connectivity index (χ2v) is 6.01. The molecule has 0 atom stereocenters. The summed E-state index contributed by atoms with van der Waals surface area (Å²) in [5.74, 6) is 1.06. The lowest BCUT2D eigenvalue weighted by molar-refractivity contribution is -0.129. The largest absolute Gasteiger partial charge is 0.345 e. The number of carbonyl (C=O) groups excluding carboxylic acids is 1. The van der Waals surface area contributed by atoms with Gasteiger partial charge in [-0.05, 0) is 58.2 Å². The first-order chi connectivity index (χ1) is 8.65. The third kappa shape index (κ3) is 4.58. The lowest BCUT2D eigenvalue weighted by Crippen LogP contribution is -2.38. The first-order valence-electron chi connectivity index (χ1n) is 7.31. The molecule has 1 saturated heterocycles. The monoisotopic (exact) mass is 253 g/mol. The van der Waals surface area contributed by atoms with E-state index in [1.54, 1.807) is 0 Å². The Morgan fingerprint density at radius 3 is 2.56 bits per heavy atom. The van der Waals surface area contributed by atoms with E-state index in [2.05, 4.69) is 17.3 Å². The highest BCUT2D eigenvalue weighted by Gasteiger charge is 2.22. The Kier molecular flexibility index (Phi) is 5.01. The van der Waals surface area contributed by atoms with Crippen LogP contribution >= 0.6 is 0 Å². The van der Waals surface area contributed by atoms with Crippen LogP contribution in [0.4, 0.5) is 0 Å². The minimum absolute atomic E-state index is 0.245. The van der Waals surface area contributed by atoms with Crippen LogP contribution in [0, 0.1) is 5.92 Å². The maximum atomic E-state index is 11.9. The molecule has 0 radical (unpaired) electrons. The van der Waals surface area contributed by atoms with Gasteiger partial charge >= 0.3 is 0 Å². The van der Waals surface area contributed by atoms with Crippen molar-refractivity contribution in [3.05, 3.63) is 0 Å². The van der Waals surface area contributed by atoms with Crippen LogP contribution < -0.4 is 5.32 Å². The van der Waals surface area contributed by atoms with Gasteiger partial charge in [0.25, 0.3) is 0 Å². The lowest BCUT2D eigenvalue weighted by Gasteiger charge is -2.30. The number of hydrogen-bond donors (Lipinski definition) is 1. The molecule has 2 rings (SSSR count). The summed E-state index contributed by atoms with van der Waals surface area (Å²) in [7, 11) is 4.13. The van der Waals surface area contributed by atoms with Crippen molar-refractivity contribution in [1.82, 2.24) is 15.1 Å². The molecule has 0 aromatic heterocycles. The number of piperidine rings is 1. The van der Waals surface area contributed by atoms with E-state index in [-0.39, 0.29) is 5.91 Å². The van der Waals surface area contributed by atoms with Crippen LogP contribution in [-0.2, 0) is 4.79 Å². The molecule has 1 aliphatic heterocycles. The Morgan fingerprint density at radius 2 is 1.94 bits per heavy atom. The van der Waals surface area contributed by atoms with E-state index < -0.39 is 0 Å². The van der Waals surface area contributed by atoms with Gasteiger partial charge in [0.1, 0.15) is 0 Å². The van der Waals surface area contributed by atoms with Crippen LogP contribution in [-0.4, -0.2) is 62.0 Å². The smallest absolute Gasteiger partial charge is 0.236 e. The SMILES string of the molecule is CN1CCC(CCN(C)C(=O)CNC2CC2)CC1. The quantitative estimate of drug-likeness (QED) is 0.765. The van der Waals surface area contributed by atoms with E-state index in [0.717, 1.165) is 12.5 Å². The number of rotatable bonds is 6. The summed E-state index contributed by atoms with van der Waals surface area (Å²) >= 11 is 0. The van der Waals surface area contributed by atoms with Gasteiger partial charge in [0, 0.05) is 19.6 Å². The fraction of sp³-hybridized carbons (Fsp3) is 0.929. The van der Waals surface area contributed by atoms with Crippen LogP contribution in [0.3, 0.4) is 0 Å². The number of likely N-dealkylation sites (N-methyl/N-ethyl adjacent to an activating group) is 1. The normalized spacial score (nSPS) is 22.1. The standard InChI is InChI=1S/C14H27N3O/c1-16-8-5-12(6-9-16)7-10-17(2)14(18)11-15-13-3-4-13/h12-13,15H,3-11H2,1-2H3. The zero-order valence-corrected chi connectivity index (χ0v) is 11.8. The Hall–Kier alpha value is -0.610. The number of nitrogens with one attached hydrogen (secondary N) is 1. The maximum Gasteiger partial charge on any atom is 0.236 e. The highest BCUT2D eigenvalue weighted by Crippen LogP contribution is 2.20. The fourth-order valence-electron chi connectivity index (χ4n) is 2.51. The average molecular weight is 253 g/mol. The van der Waals surface area contributed by atoms with Crippen molar-refractivity contribution in [2.75, 3.05) is 40.3 Å². The second-order valence-electron chi connectivity index (χ2n) is 6.01. The van der Waals surface area contributed by atoms with E-state index in [4.69, 9.17) is 0 Å². The first-order valence-corrected chi connectivity index (χ1v) is 7.31. The summed E-state index contributed by atoms with van der Waals surface area (Å²) in [6.45, 7) is 3.87. The van der Waals surface area contributed by atoms with Gasteiger partial charge in [-0.25, -0.2) is 0 Å². The van der Waals surface area contributed by atoms with Crippen LogP contribution in [0.25, 0.3) is 0 Å². The van der Waals surface area contributed by atoms with Crippen molar-refractivity contribution in [2.45, 2.75) is 38.1 Å². The molecule has 4 heteroatoms. The Bertz CT molecular complexity index is 270. The van der Waals surface area contributed by atoms with E-state index in [1.807, 2.05) is 11.9 Å². The Labute approximate surface area is 111 Å². The molecule has 0 aromatic rings. The summed E-state index contributed by atoms with van der Waals surface area (Å²) in [6.07, 6.45) is 6.23. The Balaban J connectivity index is 1.58. The molecular weight excluding hydrogens is 226 g/mol. The summed E-state index contributed by atoms with van der Waals surface area (Å²) in [4.78, 5) is 16.1. The molecule has 2 aliphatic rings. The van der Waals surface area contributed by atoms with Gasteiger partial charge in [-0.1, -0.05) is 0 Å². The lowest BCUT2D eigenvalue weighted by atomic mass is 9.94. The van der Waals surface area contributed by atoms with Gasteiger partial charge in [0.2, 0.25) is 5.91 Å². The maximum absolute atomic E-state index is 11.9.